The summed E-state index contributed by atoms with van der Waals surface area (Å²) in [6.45, 7) is 9.05. The molecule has 0 spiro atoms. The summed E-state index contributed by atoms with van der Waals surface area (Å²) >= 11 is 0. The minimum absolute atomic E-state index is 0.176. The topological polar surface area (TPSA) is 67.2 Å². The lowest BCUT2D eigenvalue weighted by atomic mass is 9.68. The van der Waals surface area contributed by atoms with Crippen LogP contribution in [0, 0.1) is 18.3 Å². The maximum atomic E-state index is 12.0. The van der Waals surface area contributed by atoms with Crippen LogP contribution in [0.1, 0.15) is 57.7 Å². The summed E-state index contributed by atoms with van der Waals surface area (Å²) in [6.07, 6.45) is 8.54. The summed E-state index contributed by atoms with van der Waals surface area (Å²) in [7, 11) is 1.87. The van der Waals surface area contributed by atoms with Gasteiger partial charge >= 0.3 is 0 Å². The number of hydrogen-bond donors (Lipinski definition) is 2. The Balaban J connectivity index is 1.82. The van der Waals surface area contributed by atoms with Crippen LogP contribution in [0.25, 0.3) is 6.08 Å². The lowest BCUT2D eigenvalue weighted by Crippen LogP contribution is -2.46. The normalized spacial score (nSPS) is 25.2. The third kappa shape index (κ3) is 4.69. The van der Waals surface area contributed by atoms with Crippen LogP contribution < -0.4 is 5.32 Å². The van der Waals surface area contributed by atoms with Gasteiger partial charge in [-0.25, -0.2) is 0 Å². The monoisotopic (exact) mass is 333 g/mol. The zero-order chi connectivity index (χ0) is 18.0. The highest BCUT2D eigenvalue weighted by Crippen LogP contribution is 2.41. The molecule has 5 nitrogen and oxygen atoms in total. The summed E-state index contributed by atoms with van der Waals surface area (Å²) in [5.41, 5.74) is 1.46. The summed E-state index contributed by atoms with van der Waals surface area (Å²) in [4.78, 5) is 12.0. The van der Waals surface area contributed by atoms with E-state index in [2.05, 4.69) is 31.2 Å². The number of nitrogens with one attached hydrogen (secondary N) is 1. The van der Waals surface area contributed by atoms with Gasteiger partial charge in [0.15, 0.2) is 0 Å². The van der Waals surface area contributed by atoms with E-state index >= 15 is 0 Å². The average Bonchev–Trinajstić information content (AvgIpc) is 2.82. The Morgan fingerprint density at radius 2 is 2.08 bits per heavy atom. The van der Waals surface area contributed by atoms with Crippen LogP contribution in [-0.2, 0) is 11.8 Å². The Labute approximate surface area is 145 Å². The average molecular weight is 333 g/mol. The minimum Gasteiger partial charge on any atom is -0.388 e. The predicted molar refractivity (Wildman–Crippen MR) is 96.4 cm³/mol. The van der Waals surface area contributed by atoms with Crippen molar-refractivity contribution in [3.05, 3.63) is 23.5 Å². The molecule has 1 aliphatic rings. The first-order valence-corrected chi connectivity index (χ1v) is 8.78. The summed E-state index contributed by atoms with van der Waals surface area (Å²) in [6, 6.07) is 0. The Kier molecular flexibility index (Phi) is 5.53. The molecular formula is C19H31N3O2. The summed E-state index contributed by atoms with van der Waals surface area (Å²) in [5, 5.41) is 17.7. The summed E-state index contributed by atoms with van der Waals surface area (Å²) < 4.78 is 1.77. The van der Waals surface area contributed by atoms with E-state index in [1.807, 2.05) is 14.0 Å². The number of aromatic nitrogens is 2. The fraction of sp³-hybridized carbons (Fsp3) is 0.684. The van der Waals surface area contributed by atoms with Crippen molar-refractivity contribution in [2.45, 2.75) is 59.0 Å². The molecule has 1 amide bonds. The summed E-state index contributed by atoms with van der Waals surface area (Å²) in [5.74, 6) is 0.464. The molecule has 0 aromatic carbocycles. The van der Waals surface area contributed by atoms with Gasteiger partial charge in [-0.3, -0.25) is 9.48 Å². The molecule has 1 saturated carbocycles. The molecule has 0 radical (unpaired) electrons. The molecule has 0 unspecified atom stereocenters. The Hall–Kier alpha value is -1.62. The number of aliphatic hydroxyl groups is 1. The highest BCUT2D eigenvalue weighted by Gasteiger charge is 2.37. The fourth-order valence-corrected chi connectivity index (χ4v) is 3.35. The van der Waals surface area contributed by atoms with Gasteiger partial charge in [0.25, 0.3) is 0 Å². The highest BCUT2D eigenvalue weighted by molar-refractivity contribution is 5.91. The molecule has 1 aromatic rings. The molecule has 1 heterocycles. The van der Waals surface area contributed by atoms with E-state index in [0.29, 0.717) is 12.5 Å². The van der Waals surface area contributed by atoms with Crippen LogP contribution in [-0.4, -0.2) is 32.9 Å². The van der Waals surface area contributed by atoms with Crippen LogP contribution >= 0.6 is 0 Å². The number of hydrogen-bond acceptors (Lipinski definition) is 3. The molecule has 5 heteroatoms. The van der Waals surface area contributed by atoms with E-state index in [-0.39, 0.29) is 11.3 Å². The number of rotatable bonds is 4. The molecule has 1 fully saturated rings. The fourth-order valence-electron chi connectivity index (χ4n) is 3.35. The van der Waals surface area contributed by atoms with Gasteiger partial charge in [0.1, 0.15) is 0 Å². The largest absolute Gasteiger partial charge is 0.388 e. The van der Waals surface area contributed by atoms with Crippen LogP contribution in [0.15, 0.2) is 12.3 Å². The first-order valence-electron chi connectivity index (χ1n) is 8.78. The van der Waals surface area contributed by atoms with Crippen molar-refractivity contribution in [1.82, 2.24) is 15.1 Å². The van der Waals surface area contributed by atoms with Gasteiger partial charge in [0.2, 0.25) is 5.91 Å². The van der Waals surface area contributed by atoms with E-state index in [4.69, 9.17) is 0 Å². The maximum absolute atomic E-state index is 12.0. The number of amides is 1. The zero-order valence-corrected chi connectivity index (χ0v) is 15.6. The molecular weight excluding hydrogens is 302 g/mol. The van der Waals surface area contributed by atoms with Gasteiger partial charge in [0, 0.05) is 30.9 Å². The van der Waals surface area contributed by atoms with Crippen molar-refractivity contribution in [1.29, 1.82) is 0 Å². The van der Waals surface area contributed by atoms with E-state index in [0.717, 1.165) is 36.9 Å². The van der Waals surface area contributed by atoms with Crippen molar-refractivity contribution in [3.8, 4) is 0 Å². The van der Waals surface area contributed by atoms with Crippen LogP contribution in [0.3, 0.4) is 0 Å². The van der Waals surface area contributed by atoms with Crippen molar-refractivity contribution in [3.63, 3.8) is 0 Å². The first kappa shape index (κ1) is 18.7. The predicted octanol–water partition coefficient (Wildman–Crippen LogP) is 2.83. The first-order chi connectivity index (χ1) is 11.1. The van der Waals surface area contributed by atoms with Crippen molar-refractivity contribution in [2.75, 3.05) is 6.54 Å². The quantitative estimate of drug-likeness (QED) is 0.833. The highest BCUT2D eigenvalue weighted by atomic mass is 16.3. The molecule has 0 saturated heterocycles. The molecule has 24 heavy (non-hydrogen) atoms. The number of nitrogens with zero attached hydrogens (tertiary/aromatic N) is 2. The SMILES string of the molecule is Cc1c(/C=C/C(=O)NCC2(O)CCC(C(C)(C)C)CC2)cnn1C. The number of carbonyl (C=O) groups excluding carboxylic acids is 1. The third-order valence-electron chi connectivity index (χ3n) is 5.42. The Morgan fingerprint density at radius 1 is 1.46 bits per heavy atom. The van der Waals surface area contributed by atoms with Crippen molar-refractivity contribution in [2.24, 2.45) is 18.4 Å². The smallest absolute Gasteiger partial charge is 0.244 e. The lowest BCUT2D eigenvalue weighted by molar-refractivity contribution is -0.118. The molecule has 0 aliphatic heterocycles. The standard InChI is InChI=1S/C19H31N3O2/c1-14-15(12-21-22(14)5)6-7-17(23)20-13-19(24)10-8-16(9-11-19)18(2,3)4/h6-7,12,16,24H,8-11,13H2,1-5H3,(H,20,23)/b7-6+. The molecule has 134 valence electrons. The van der Waals surface area contributed by atoms with Crippen molar-refractivity contribution >= 4 is 12.0 Å². The van der Waals surface area contributed by atoms with E-state index in [9.17, 15) is 9.90 Å². The van der Waals surface area contributed by atoms with Crippen LogP contribution in [0.4, 0.5) is 0 Å². The lowest BCUT2D eigenvalue weighted by Gasteiger charge is -2.41. The molecule has 1 aromatic heterocycles. The number of aryl methyl sites for hydroxylation is 1. The van der Waals surface area contributed by atoms with E-state index in [1.54, 1.807) is 17.0 Å². The molecule has 0 bridgehead atoms. The molecule has 1 aliphatic carbocycles. The van der Waals surface area contributed by atoms with Crippen LogP contribution in [0.5, 0.6) is 0 Å². The van der Waals surface area contributed by atoms with Gasteiger partial charge in [0.05, 0.1) is 11.8 Å². The van der Waals surface area contributed by atoms with Gasteiger partial charge < -0.3 is 10.4 Å². The van der Waals surface area contributed by atoms with E-state index < -0.39 is 5.60 Å². The third-order valence-corrected chi connectivity index (χ3v) is 5.42. The molecule has 2 rings (SSSR count). The zero-order valence-electron chi connectivity index (χ0n) is 15.6. The molecule has 0 atom stereocenters. The second-order valence-electron chi connectivity index (χ2n) is 8.22. The Morgan fingerprint density at radius 3 is 2.58 bits per heavy atom. The van der Waals surface area contributed by atoms with Gasteiger partial charge in [-0.1, -0.05) is 20.8 Å². The maximum Gasteiger partial charge on any atom is 0.244 e. The van der Waals surface area contributed by atoms with Crippen LogP contribution in [0.2, 0.25) is 0 Å². The van der Waals surface area contributed by atoms with Gasteiger partial charge in [-0.2, -0.15) is 5.10 Å². The second-order valence-corrected chi connectivity index (χ2v) is 8.22. The van der Waals surface area contributed by atoms with Gasteiger partial charge in [-0.05, 0) is 50.0 Å². The Bertz CT molecular complexity index is 603. The second kappa shape index (κ2) is 7.09. The van der Waals surface area contributed by atoms with E-state index in [1.165, 1.54) is 6.08 Å². The van der Waals surface area contributed by atoms with Crippen molar-refractivity contribution < 1.29 is 9.90 Å². The number of carbonyl (C=O) groups is 1. The minimum atomic E-state index is -0.768. The molecule has 2 N–H and O–H groups in total. The van der Waals surface area contributed by atoms with Gasteiger partial charge in [-0.15, -0.1) is 0 Å².